The van der Waals surface area contributed by atoms with E-state index >= 15 is 0 Å². The van der Waals surface area contributed by atoms with Crippen molar-refractivity contribution < 1.29 is 22.9 Å². The Kier molecular flexibility index (Phi) is 11.3. The Hall–Kier alpha value is -3.67. The van der Waals surface area contributed by atoms with Gasteiger partial charge < -0.3 is 10.2 Å². The zero-order valence-electron chi connectivity index (χ0n) is 23.4. The lowest BCUT2D eigenvalue weighted by Gasteiger charge is -2.33. The molecule has 3 rings (SSSR count). The summed E-state index contributed by atoms with van der Waals surface area (Å²) >= 11 is 12.5. The highest BCUT2D eigenvalue weighted by molar-refractivity contribution is 7.92. The number of carbonyl (C=O) groups excluding carboxylic acids is 2. The Bertz CT molecular complexity index is 1540. The Morgan fingerprint density at radius 3 is 2.29 bits per heavy atom. The molecule has 0 radical (unpaired) electrons. The number of hydrogen-bond acceptors (Lipinski definition) is 6. The van der Waals surface area contributed by atoms with Gasteiger partial charge >= 0.3 is 0 Å². The molecule has 3 aromatic rings. The van der Waals surface area contributed by atoms with Crippen LogP contribution in [0.1, 0.15) is 32.8 Å². The normalized spacial score (nSPS) is 12.0. The number of non-ortho nitro benzene ring substituents is 1. The van der Waals surface area contributed by atoms with Gasteiger partial charge in [0, 0.05) is 35.3 Å². The lowest BCUT2D eigenvalue weighted by Crippen LogP contribution is -2.52. The van der Waals surface area contributed by atoms with Crippen molar-refractivity contribution in [2.45, 2.75) is 44.7 Å². The fourth-order valence-corrected chi connectivity index (χ4v) is 6.08. The van der Waals surface area contributed by atoms with E-state index in [0.29, 0.717) is 17.1 Å². The van der Waals surface area contributed by atoms with Gasteiger partial charge in [-0.1, -0.05) is 74.3 Å². The van der Waals surface area contributed by atoms with Crippen LogP contribution in [0, 0.1) is 16.0 Å². The molecule has 0 fully saturated rings. The molecule has 13 heteroatoms. The third-order valence-corrected chi connectivity index (χ3v) is 8.74. The van der Waals surface area contributed by atoms with Crippen LogP contribution in [0.3, 0.4) is 0 Å². The SMILES string of the molecule is CC[C@@H](C(=O)NCC(C)C)N(Cc1ccc(Cl)cc1Cl)C(=O)CN(c1cccc([N+](=O)[O-])c1)S(=O)(=O)c1ccccc1. The van der Waals surface area contributed by atoms with E-state index in [1.807, 2.05) is 13.8 Å². The smallest absolute Gasteiger partial charge is 0.271 e. The second-order valence-electron chi connectivity index (χ2n) is 9.92. The van der Waals surface area contributed by atoms with Crippen LogP contribution in [0.2, 0.25) is 10.0 Å². The lowest BCUT2D eigenvalue weighted by molar-refractivity contribution is -0.384. The van der Waals surface area contributed by atoms with Crippen LogP contribution in [-0.4, -0.2) is 49.2 Å². The van der Waals surface area contributed by atoms with Crippen molar-refractivity contribution in [3.8, 4) is 0 Å². The molecule has 3 aromatic carbocycles. The fraction of sp³-hybridized carbons (Fsp3) is 0.310. The van der Waals surface area contributed by atoms with Gasteiger partial charge in [0.15, 0.2) is 0 Å². The third-order valence-electron chi connectivity index (χ3n) is 6.36. The number of nitrogens with one attached hydrogen (secondary N) is 1. The van der Waals surface area contributed by atoms with Crippen molar-refractivity contribution >= 4 is 56.4 Å². The molecule has 2 amide bonds. The van der Waals surface area contributed by atoms with E-state index in [4.69, 9.17) is 23.2 Å². The van der Waals surface area contributed by atoms with E-state index in [-0.39, 0.29) is 40.2 Å². The molecule has 1 N–H and O–H groups in total. The molecule has 0 saturated heterocycles. The summed E-state index contributed by atoms with van der Waals surface area (Å²) in [6.45, 7) is 5.13. The second-order valence-corrected chi connectivity index (χ2v) is 12.6. The summed E-state index contributed by atoms with van der Waals surface area (Å²) in [5.74, 6) is -0.960. The predicted octanol–water partition coefficient (Wildman–Crippen LogP) is 5.68. The van der Waals surface area contributed by atoms with Gasteiger partial charge in [-0.15, -0.1) is 0 Å². The van der Waals surface area contributed by atoms with Crippen LogP contribution >= 0.6 is 23.2 Å². The minimum absolute atomic E-state index is 0.0804. The lowest BCUT2D eigenvalue weighted by atomic mass is 10.1. The predicted molar refractivity (Wildman–Crippen MR) is 163 cm³/mol. The van der Waals surface area contributed by atoms with Gasteiger partial charge in [0.2, 0.25) is 11.8 Å². The molecule has 0 unspecified atom stereocenters. The number of nitro groups is 1. The maximum absolute atomic E-state index is 14.1. The number of rotatable bonds is 13. The van der Waals surface area contributed by atoms with Crippen LogP contribution < -0.4 is 9.62 Å². The maximum atomic E-state index is 14.1. The first kappa shape index (κ1) is 32.8. The molecule has 42 heavy (non-hydrogen) atoms. The maximum Gasteiger partial charge on any atom is 0.271 e. The van der Waals surface area contributed by atoms with Crippen LogP contribution in [-0.2, 0) is 26.2 Å². The highest BCUT2D eigenvalue weighted by Crippen LogP contribution is 2.29. The van der Waals surface area contributed by atoms with Gasteiger partial charge in [0.1, 0.15) is 12.6 Å². The average molecular weight is 636 g/mol. The molecule has 0 heterocycles. The molecule has 0 aliphatic rings. The van der Waals surface area contributed by atoms with Crippen molar-refractivity contribution in [1.29, 1.82) is 0 Å². The Labute approximate surface area is 255 Å². The molecule has 0 spiro atoms. The van der Waals surface area contributed by atoms with Crippen molar-refractivity contribution in [3.05, 3.63) is 98.5 Å². The number of carbonyl (C=O) groups is 2. The second kappa shape index (κ2) is 14.5. The highest BCUT2D eigenvalue weighted by atomic mass is 35.5. The van der Waals surface area contributed by atoms with Crippen molar-refractivity contribution in [2.75, 3.05) is 17.4 Å². The van der Waals surface area contributed by atoms with Gasteiger partial charge in [0.25, 0.3) is 15.7 Å². The van der Waals surface area contributed by atoms with Crippen molar-refractivity contribution in [3.63, 3.8) is 0 Å². The van der Waals surface area contributed by atoms with E-state index in [1.165, 1.54) is 53.4 Å². The number of hydrogen-bond donors (Lipinski definition) is 1. The molecule has 0 bridgehead atoms. The Morgan fingerprint density at radius 2 is 1.69 bits per heavy atom. The van der Waals surface area contributed by atoms with E-state index in [9.17, 15) is 28.1 Å². The van der Waals surface area contributed by atoms with Gasteiger partial charge in [-0.05, 0) is 48.2 Å². The molecule has 224 valence electrons. The summed E-state index contributed by atoms with van der Waals surface area (Å²) < 4.78 is 28.5. The van der Waals surface area contributed by atoms with Crippen LogP contribution in [0.5, 0.6) is 0 Å². The number of nitrogens with zero attached hydrogens (tertiary/aromatic N) is 3. The topological polar surface area (TPSA) is 130 Å². The first-order chi connectivity index (χ1) is 19.8. The Morgan fingerprint density at radius 1 is 1.00 bits per heavy atom. The molecular weight excluding hydrogens is 603 g/mol. The first-order valence-corrected chi connectivity index (χ1v) is 15.4. The zero-order chi connectivity index (χ0) is 31.0. The van der Waals surface area contributed by atoms with E-state index in [0.717, 1.165) is 10.4 Å². The summed E-state index contributed by atoms with van der Waals surface area (Å²) in [4.78, 5) is 39.4. The van der Waals surface area contributed by atoms with E-state index in [2.05, 4.69) is 5.32 Å². The summed E-state index contributed by atoms with van der Waals surface area (Å²) in [6, 6.07) is 16.2. The Balaban J connectivity index is 2.10. The molecule has 0 saturated carbocycles. The van der Waals surface area contributed by atoms with E-state index < -0.39 is 39.3 Å². The summed E-state index contributed by atoms with van der Waals surface area (Å²) in [5.41, 5.74) is 0.0676. The number of sulfonamides is 1. The number of halogens is 2. The molecule has 10 nitrogen and oxygen atoms in total. The standard InChI is InChI=1S/C29H32Cl2N4O6S/c1-4-27(29(37)32-17-20(2)3)33(18-21-13-14-22(30)15-26(21)31)28(36)19-34(23-9-8-10-24(16-23)35(38)39)42(40,41)25-11-6-5-7-12-25/h5-16,20,27H,4,17-19H2,1-3H3,(H,32,37)/t27-/m0/s1. The minimum atomic E-state index is -4.37. The van der Waals surface area contributed by atoms with Crippen LogP contribution in [0.15, 0.2) is 77.7 Å². The summed E-state index contributed by atoms with van der Waals surface area (Å²) in [7, 11) is -4.37. The highest BCUT2D eigenvalue weighted by Gasteiger charge is 2.34. The van der Waals surface area contributed by atoms with Crippen LogP contribution in [0.4, 0.5) is 11.4 Å². The molecular formula is C29H32Cl2N4O6S. The molecule has 0 aliphatic carbocycles. The molecule has 1 atom stereocenters. The number of anilines is 1. The largest absolute Gasteiger partial charge is 0.354 e. The van der Waals surface area contributed by atoms with Gasteiger partial charge in [-0.25, -0.2) is 8.42 Å². The number of nitro benzene ring substituents is 1. The first-order valence-electron chi connectivity index (χ1n) is 13.2. The van der Waals surface area contributed by atoms with Crippen LogP contribution in [0.25, 0.3) is 0 Å². The minimum Gasteiger partial charge on any atom is -0.354 e. The average Bonchev–Trinajstić information content (AvgIpc) is 2.96. The van der Waals surface area contributed by atoms with E-state index in [1.54, 1.807) is 25.1 Å². The third kappa shape index (κ3) is 8.21. The van der Waals surface area contributed by atoms with Crippen molar-refractivity contribution in [1.82, 2.24) is 10.2 Å². The number of benzene rings is 3. The van der Waals surface area contributed by atoms with Crippen molar-refractivity contribution in [2.24, 2.45) is 5.92 Å². The molecule has 0 aromatic heterocycles. The summed E-state index contributed by atoms with van der Waals surface area (Å²) in [6.07, 6.45) is 0.225. The quantitative estimate of drug-likeness (QED) is 0.190. The van der Waals surface area contributed by atoms with Gasteiger partial charge in [0.05, 0.1) is 15.5 Å². The number of amides is 2. The van der Waals surface area contributed by atoms with Gasteiger partial charge in [-0.2, -0.15) is 0 Å². The summed E-state index contributed by atoms with van der Waals surface area (Å²) in [5, 5.41) is 15.0. The van der Waals surface area contributed by atoms with Gasteiger partial charge in [-0.3, -0.25) is 24.0 Å². The fourth-order valence-electron chi connectivity index (χ4n) is 4.19. The monoisotopic (exact) mass is 634 g/mol. The molecule has 0 aliphatic heterocycles. The zero-order valence-corrected chi connectivity index (χ0v) is 25.7.